The predicted octanol–water partition coefficient (Wildman–Crippen LogP) is 4.89. The predicted molar refractivity (Wildman–Crippen MR) is 91.6 cm³/mol. The maximum absolute atomic E-state index is 10.0. The Morgan fingerprint density at radius 2 is 1.41 bits per heavy atom. The summed E-state index contributed by atoms with van der Waals surface area (Å²) in [6.07, 6.45) is 0.833. The Labute approximate surface area is 134 Å². The second kappa shape index (κ2) is 18.6. The molecule has 0 radical (unpaired) electrons. The van der Waals surface area contributed by atoms with Crippen molar-refractivity contribution in [3.05, 3.63) is 71.8 Å². The molecular formula is C19H25NO2. The van der Waals surface area contributed by atoms with Gasteiger partial charge in [0.2, 0.25) is 0 Å². The topological polar surface area (TPSA) is 50.1 Å². The molecule has 0 amide bonds. The van der Waals surface area contributed by atoms with E-state index in [1.54, 1.807) is 25.3 Å². The van der Waals surface area contributed by atoms with Crippen LogP contribution in [0.1, 0.15) is 36.7 Å². The second-order valence-electron chi connectivity index (χ2n) is 3.67. The average Bonchev–Trinajstić information content (AvgIpc) is 2.60. The largest absolute Gasteiger partial charge is 0.380 e. The van der Waals surface area contributed by atoms with Crippen LogP contribution in [0.2, 0.25) is 0 Å². The van der Waals surface area contributed by atoms with Crippen molar-refractivity contribution in [1.29, 1.82) is 5.26 Å². The number of methoxy groups -OCH3 is 1. The third-order valence-electron chi connectivity index (χ3n) is 2.09. The summed E-state index contributed by atoms with van der Waals surface area (Å²) in [6.45, 7) is 6.14. The zero-order valence-electron chi connectivity index (χ0n) is 13.8. The molecule has 3 heteroatoms. The number of hydrogen-bond donors (Lipinski definition) is 0. The molecule has 0 unspecified atom stereocenters. The summed E-state index contributed by atoms with van der Waals surface area (Å²) in [5.74, 6) is 0. The molecule has 0 aliphatic carbocycles. The van der Waals surface area contributed by atoms with Crippen LogP contribution in [0, 0.1) is 11.3 Å². The quantitative estimate of drug-likeness (QED) is 0.758. The summed E-state index contributed by atoms with van der Waals surface area (Å²) < 4.78 is 4.93. The van der Waals surface area contributed by atoms with Crippen molar-refractivity contribution < 1.29 is 9.53 Å². The fourth-order valence-electron chi connectivity index (χ4n) is 1.27. The monoisotopic (exact) mass is 299 g/mol. The lowest BCUT2D eigenvalue weighted by molar-refractivity contribution is 0.112. The Morgan fingerprint density at radius 3 is 1.73 bits per heavy atom. The maximum Gasteiger partial charge on any atom is 0.150 e. The molecule has 118 valence electrons. The van der Waals surface area contributed by atoms with Gasteiger partial charge < -0.3 is 4.74 Å². The molecule has 3 nitrogen and oxygen atoms in total. The van der Waals surface area contributed by atoms with E-state index in [0.29, 0.717) is 6.61 Å². The zero-order valence-corrected chi connectivity index (χ0v) is 13.8. The molecule has 2 rings (SSSR count). The molecule has 22 heavy (non-hydrogen) atoms. The van der Waals surface area contributed by atoms with E-state index in [4.69, 9.17) is 10.00 Å². The summed E-state index contributed by atoms with van der Waals surface area (Å²) in [5, 5.41) is 7.32. The molecule has 0 atom stereocenters. The number of hydrogen-bond acceptors (Lipinski definition) is 3. The fraction of sp³-hybridized carbons (Fsp3) is 0.263. The van der Waals surface area contributed by atoms with Crippen molar-refractivity contribution in [3.63, 3.8) is 0 Å². The minimum atomic E-state index is 0.709. The zero-order chi connectivity index (χ0) is 17.1. The van der Waals surface area contributed by atoms with Crippen molar-refractivity contribution in [2.75, 3.05) is 7.11 Å². The lowest BCUT2D eigenvalue weighted by Crippen LogP contribution is -1.84. The molecular weight excluding hydrogens is 274 g/mol. The van der Waals surface area contributed by atoms with Gasteiger partial charge in [0.05, 0.1) is 12.7 Å². The Hall–Kier alpha value is -2.44. The first-order valence-electron chi connectivity index (χ1n) is 7.12. The highest BCUT2D eigenvalue weighted by molar-refractivity contribution is 5.74. The number of carbonyl (C=O) groups is 1. The smallest absolute Gasteiger partial charge is 0.150 e. The van der Waals surface area contributed by atoms with Gasteiger partial charge in [-0.1, -0.05) is 74.5 Å². The van der Waals surface area contributed by atoms with Crippen LogP contribution in [0.15, 0.2) is 60.7 Å². The van der Waals surface area contributed by atoms with Crippen molar-refractivity contribution in [2.45, 2.75) is 27.4 Å². The molecule has 0 saturated carbocycles. The van der Waals surface area contributed by atoms with Gasteiger partial charge in [-0.05, 0) is 5.56 Å². The Bertz CT molecular complexity index is 490. The van der Waals surface area contributed by atoms with Crippen molar-refractivity contribution in [3.8, 4) is 6.07 Å². The third-order valence-corrected chi connectivity index (χ3v) is 2.09. The van der Waals surface area contributed by atoms with Gasteiger partial charge in [0.15, 0.2) is 0 Å². The van der Waals surface area contributed by atoms with Crippen molar-refractivity contribution in [2.24, 2.45) is 0 Å². The van der Waals surface area contributed by atoms with Gasteiger partial charge >= 0.3 is 0 Å². The highest BCUT2D eigenvalue weighted by atomic mass is 16.5. The van der Waals surface area contributed by atoms with E-state index in [9.17, 15) is 4.79 Å². The first-order chi connectivity index (χ1) is 10.8. The van der Waals surface area contributed by atoms with E-state index >= 15 is 0 Å². The molecule has 0 saturated heterocycles. The van der Waals surface area contributed by atoms with Crippen LogP contribution in [-0.4, -0.2) is 13.4 Å². The minimum absolute atomic E-state index is 0.709. The maximum atomic E-state index is 10.0. The van der Waals surface area contributed by atoms with E-state index in [-0.39, 0.29) is 0 Å². The molecule has 0 bridgehead atoms. The number of benzene rings is 2. The fourth-order valence-corrected chi connectivity index (χ4v) is 1.27. The first-order valence-corrected chi connectivity index (χ1v) is 7.12. The first kappa shape index (κ1) is 21.9. The number of ether oxygens (including phenoxy) is 1. The van der Waals surface area contributed by atoms with E-state index in [1.807, 2.05) is 62.4 Å². The normalized spacial score (nSPS) is 7.59. The van der Waals surface area contributed by atoms with E-state index in [0.717, 1.165) is 11.8 Å². The average molecular weight is 299 g/mol. The van der Waals surface area contributed by atoms with E-state index in [1.165, 1.54) is 12.5 Å². The molecule has 2 aromatic rings. The number of rotatable bonds is 3. The van der Waals surface area contributed by atoms with Gasteiger partial charge in [-0.15, -0.1) is 0 Å². The van der Waals surface area contributed by atoms with E-state index in [2.05, 4.69) is 0 Å². The van der Waals surface area contributed by atoms with Gasteiger partial charge in [-0.2, -0.15) is 5.26 Å². The lowest BCUT2D eigenvalue weighted by atomic mass is 10.2. The third kappa shape index (κ3) is 14.0. The number of nitrogens with zero attached hydrogens (tertiary/aromatic N) is 1. The molecule has 0 aromatic heterocycles. The van der Waals surface area contributed by atoms with Crippen LogP contribution < -0.4 is 0 Å². The summed E-state index contributed by atoms with van der Waals surface area (Å²) in [6, 6.07) is 21.0. The summed E-state index contributed by atoms with van der Waals surface area (Å²) in [4.78, 5) is 10.0. The molecule has 0 N–H and O–H groups in total. The summed E-state index contributed by atoms with van der Waals surface area (Å²) in [5.41, 5.74) is 1.95. The van der Waals surface area contributed by atoms with Gasteiger partial charge in [0.25, 0.3) is 0 Å². The standard InChI is InChI=1S/C8H10O.C7H6O.C2H3N.C2H6/c1-9-7-8-5-3-2-4-6-8;8-6-7-4-2-1-3-5-7;1-2-3;1-2/h2-6H,7H2,1H3;1-6H;1H3;1-2H3. The van der Waals surface area contributed by atoms with Crippen LogP contribution in [0.4, 0.5) is 0 Å². The molecule has 0 aliphatic rings. The number of carbonyl (C=O) groups excluding carboxylic acids is 1. The Balaban J connectivity index is 0. The molecule has 0 spiro atoms. The van der Waals surface area contributed by atoms with Gasteiger partial charge in [0, 0.05) is 19.6 Å². The summed E-state index contributed by atoms with van der Waals surface area (Å²) >= 11 is 0. The van der Waals surface area contributed by atoms with Crippen LogP contribution in [0.3, 0.4) is 0 Å². The van der Waals surface area contributed by atoms with Gasteiger partial charge in [-0.3, -0.25) is 4.79 Å². The van der Waals surface area contributed by atoms with Crippen LogP contribution >= 0.6 is 0 Å². The molecule has 0 heterocycles. The minimum Gasteiger partial charge on any atom is -0.380 e. The van der Waals surface area contributed by atoms with Crippen molar-refractivity contribution >= 4 is 6.29 Å². The lowest BCUT2D eigenvalue weighted by Gasteiger charge is -1.95. The van der Waals surface area contributed by atoms with Crippen LogP contribution in [-0.2, 0) is 11.3 Å². The molecule has 2 aromatic carbocycles. The Morgan fingerprint density at radius 1 is 1.00 bits per heavy atom. The molecule has 0 fully saturated rings. The van der Waals surface area contributed by atoms with Crippen LogP contribution in [0.5, 0.6) is 0 Å². The number of aldehydes is 1. The SMILES string of the molecule is CC.CC#N.COCc1ccccc1.O=Cc1ccccc1. The van der Waals surface area contributed by atoms with Gasteiger partial charge in [0.1, 0.15) is 6.29 Å². The summed E-state index contributed by atoms with van der Waals surface area (Å²) in [7, 11) is 1.70. The second-order valence-corrected chi connectivity index (χ2v) is 3.67. The molecule has 0 aliphatic heterocycles. The highest BCUT2D eigenvalue weighted by Crippen LogP contribution is 1.98. The number of nitriles is 1. The van der Waals surface area contributed by atoms with Gasteiger partial charge in [-0.25, -0.2) is 0 Å². The Kier molecular flexibility index (Phi) is 18.4. The van der Waals surface area contributed by atoms with Crippen LogP contribution in [0.25, 0.3) is 0 Å². The van der Waals surface area contributed by atoms with E-state index < -0.39 is 0 Å². The van der Waals surface area contributed by atoms with Crippen molar-refractivity contribution in [1.82, 2.24) is 0 Å². The highest BCUT2D eigenvalue weighted by Gasteiger charge is 1.84.